The molecule has 0 bridgehead atoms. The number of hydrogen-bond acceptors (Lipinski definition) is 5. The lowest BCUT2D eigenvalue weighted by atomic mass is 9.76. The fourth-order valence-electron chi connectivity index (χ4n) is 4.62. The van der Waals surface area contributed by atoms with Gasteiger partial charge in [-0.2, -0.15) is 0 Å². The van der Waals surface area contributed by atoms with E-state index in [0.717, 1.165) is 57.9 Å². The molecule has 3 aliphatic rings. The number of rotatable bonds is 10. The van der Waals surface area contributed by atoms with E-state index in [4.69, 9.17) is 4.74 Å². The minimum Gasteiger partial charge on any atom is -0.388 e. The zero-order valence-electron chi connectivity index (χ0n) is 16.6. The van der Waals surface area contributed by atoms with Crippen molar-refractivity contribution in [1.82, 2.24) is 15.1 Å². The summed E-state index contributed by atoms with van der Waals surface area (Å²) in [4.78, 5) is 28.1. The average molecular weight is 382 g/mol. The molecule has 0 aromatic rings. The molecular weight excluding hydrogens is 346 g/mol. The van der Waals surface area contributed by atoms with Crippen molar-refractivity contribution in [3.05, 3.63) is 0 Å². The largest absolute Gasteiger partial charge is 0.388 e. The highest BCUT2D eigenvalue weighted by Gasteiger charge is 2.44. The SMILES string of the molecule is CN(CCC(=O)NC1COC1)CC1(N(C=O)CC2(O)CCC2)CCCCC1. The molecule has 0 radical (unpaired) electrons. The van der Waals surface area contributed by atoms with Crippen LogP contribution in [0.3, 0.4) is 0 Å². The minimum atomic E-state index is -0.700. The summed E-state index contributed by atoms with van der Waals surface area (Å²) in [6.07, 6.45) is 9.37. The van der Waals surface area contributed by atoms with Gasteiger partial charge in [-0.05, 0) is 39.2 Å². The number of nitrogens with one attached hydrogen (secondary N) is 1. The van der Waals surface area contributed by atoms with Crippen LogP contribution in [0.15, 0.2) is 0 Å². The molecule has 0 unspecified atom stereocenters. The Morgan fingerprint density at radius 1 is 1.15 bits per heavy atom. The van der Waals surface area contributed by atoms with Crippen molar-refractivity contribution in [3.8, 4) is 0 Å². The third-order valence-electron chi connectivity index (χ3n) is 6.56. The number of aliphatic hydroxyl groups is 1. The normalized spacial score (nSPS) is 24.0. The summed E-state index contributed by atoms with van der Waals surface area (Å²) in [5.74, 6) is 0.0591. The average Bonchev–Trinajstić information content (AvgIpc) is 2.60. The van der Waals surface area contributed by atoms with Crippen LogP contribution in [0.5, 0.6) is 0 Å². The van der Waals surface area contributed by atoms with Crippen LogP contribution in [-0.4, -0.2) is 84.3 Å². The lowest BCUT2D eigenvalue weighted by Crippen LogP contribution is -2.61. The Labute approximate surface area is 162 Å². The van der Waals surface area contributed by atoms with Crippen LogP contribution in [0.2, 0.25) is 0 Å². The van der Waals surface area contributed by atoms with Crippen LogP contribution in [0, 0.1) is 0 Å². The summed E-state index contributed by atoms with van der Waals surface area (Å²) in [7, 11) is 2.02. The molecule has 154 valence electrons. The van der Waals surface area contributed by atoms with Crippen molar-refractivity contribution in [2.75, 3.05) is 39.9 Å². The van der Waals surface area contributed by atoms with E-state index in [0.29, 0.717) is 32.7 Å². The fraction of sp³-hybridized carbons (Fsp3) is 0.900. The predicted molar refractivity (Wildman–Crippen MR) is 102 cm³/mol. The molecule has 1 saturated heterocycles. The van der Waals surface area contributed by atoms with Gasteiger partial charge >= 0.3 is 0 Å². The maximum absolute atomic E-state index is 12.1. The number of nitrogens with zero attached hydrogens (tertiary/aromatic N) is 2. The smallest absolute Gasteiger partial charge is 0.221 e. The first-order valence-corrected chi connectivity index (χ1v) is 10.4. The topological polar surface area (TPSA) is 82.1 Å². The number of hydrogen-bond donors (Lipinski definition) is 2. The maximum Gasteiger partial charge on any atom is 0.221 e. The van der Waals surface area contributed by atoms with Gasteiger partial charge in [0.15, 0.2) is 0 Å². The summed E-state index contributed by atoms with van der Waals surface area (Å²) in [5.41, 5.74) is -0.924. The van der Waals surface area contributed by atoms with E-state index in [1.807, 2.05) is 11.9 Å². The first kappa shape index (κ1) is 20.6. The van der Waals surface area contributed by atoms with Crippen molar-refractivity contribution in [2.24, 2.45) is 0 Å². The Morgan fingerprint density at radius 2 is 1.85 bits per heavy atom. The molecule has 7 nitrogen and oxygen atoms in total. The van der Waals surface area contributed by atoms with Crippen LogP contribution in [-0.2, 0) is 14.3 Å². The molecule has 3 rings (SSSR count). The van der Waals surface area contributed by atoms with Gasteiger partial charge in [-0.3, -0.25) is 9.59 Å². The molecule has 3 fully saturated rings. The molecule has 7 heteroatoms. The van der Waals surface area contributed by atoms with Crippen molar-refractivity contribution in [1.29, 1.82) is 0 Å². The first-order chi connectivity index (χ1) is 12.9. The molecule has 2 aliphatic carbocycles. The number of amides is 2. The Bertz CT molecular complexity index is 513. The highest BCUT2D eigenvalue weighted by Crippen LogP contribution is 2.38. The van der Waals surface area contributed by atoms with Gasteiger partial charge in [0.2, 0.25) is 12.3 Å². The summed E-state index contributed by atoms with van der Waals surface area (Å²) in [6, 6.07) is 0.168. The van der Waals surface area contributed by atoms with Crippen LogP contribution < -0.4 is 5.32 Å². The number of ether oxygens (including phenoxy) is 1. The molecule has 0 spiro atoms. The number of carbonyl (C=O) groups is 2. The fourth-order valence-corrected chi connectivity index (χ4v) is 4.62. The van der Waals surface area contributed by atoms with Crippen LogP contribution in [0.1, 0.15) is 57.8 Å². The summed E-state index contributed by atoms with van der Waals surface area (Å²) in [6.45, 7) is 3.08. The first-order valence-electron chi connectivity index (χ1n) is 10.4. The molecule has 1 heterocycles. The molecule has 0 aromatic heterocycles. The molecule has 2 saturated carbocycles. The molecule has 1 aliphatic heterocycles. The quantitative estimate of drug-likeness (QED) is 0.550. The van der Waals surface area contributed by atoms with Gasteiger partial charge in [0.05, 0.1) is 30.4 Å². The van der Waals surface area contributed by atoms with Gasteiger partial charge in [0, 0.05) is 26.1 Å². The van der Waals surface area contributed by atoms with E-state index < -0.39 is 5.60 Å². The lowest BCUT2D eigenvalue weighted by Gasteiger charge is -2.50. The standard InChI is InChI=1S/C20H35N3O4/c1-22(11-6-18(25)21-17-12-27-13-17)14-19(7-3-2-4-8-19)23(16-24)15-20(26)9-5-10-20/h16-17,26H,2-15H2,1H3,(H,21,25). The Balaban J connectivity index is 1.55. The van der Waals surface area contributed by atoms with Crippen LogP contribution in [0.25, 0.3) is 0 Å². The van der Waals surface area contributed by atoms with E-state index in [1.165, 1.54) is 6.42 Å². The van der Waals surface area contributed by atoms with E-state index in [9.17, 15) is 14.7 Å². The number of carbonyl (C=O) groups excluding carboxylic acids is 2. The van der Waals surface area contributed by atoms with Gasteiger partial charge in [-0.15, -0.1) is 0 Å². The van der Waals surface area contributed by atoms with Gasteiger partial charge in [0.25, 0.3) is 0 Å². The second-order valence-corrected chi connectivity index (χ2v) is 8.89. The predicted octanol–water partition coefficient (Wildman–Crippen LogP) is 0.900. The van der Waals surface area contributed by atoms with E-state index in [2.05, 4.69) is 10.2 Å². The van der Waals surface area contributed by atoms with Crippen molar-refractivity contribution < 1.29 is 19.4 Å². The second kappa shape index (κ2) is 8.88. The third-order valence-corrected chi connectivity index (χ3v) is 6.56. The van der Waals surface area contributed by atoms with Gasteiger partial charge < -0.3 is 25.0 Å². The molecular formula is C20H35N3O4. The number of β-amino-alcohol motifs (C(OH)–C–C–N with tert-alkyl or cyclic N) is 1. The van der Waals surface area contributed by atoms with Crippen LogP contribution >= 0.6 is 0 Å². The Hall–Kier alpha value is -1.18. The van der Waals surface area contributed by atoms with Gasteiger partial charge in [-0.1, -0.05) is 19.3 Å². The highest BCUT2D eigenvalue weighted by molar-refractivity contribution is 5.76. The summed E-state index contributed by atoms with van der Waals surface area (Å²) in [5, 5.41) is 13.6. The van der Waals surface area contributed by atoms with Crippen LogP contribution in [0.4, 0.5) is 0 Å². The van der Waals surface area contributed by atoms with Crippen molar-refractivity contribution in [3.63, 3.8) is 0 Å². The zero-order chi connectivity index (χ0) is 19.3. The maximum atomic E-state index is 12.1. The number of likely N-dealkylation sites (N-methyl/N-ethyl adjacent to an activating group) is 1. The molecule has 27 heavy (non-hydrogen) atoms. The third kappa shape index (κ3) is 5.21. The molecule has 0 atom stereocenters. The molecule has 2 N–H and O–H groups in total. The van der Waals surface area contributed by atoms with Gasteiger partial charge in [0.1, 0.15) is 0 Å². The molecule has 0 aromatic carbocycles. The summed E-state index contributed by atoms with van der Waals surface area (Å²) >= 11 is 0. The Kier molecular flexibility index (Phi) is 6.76. The molecule has 2 amide bonds. The van der Waals surface area contributed by atoms with E-state index >= 15 is 0 Å². The van der Waals surface area contributed by atoms with Crippen molar-refractivity contribution in [2.45, 2.75) is 75.0 Å². The highest BCUT2D eigenvalue weighted by atomic mass is 16.5. The lowest BCUT2D eigenvalue weighted by molar-refractivity contribution is -0.138. The Morgan fingerprint density at radius 3 is 2.37 bits per heavy atom. The zero-order valence-corrected chi connectivity index (χ0v) is 16.6. The second-order valence-electron chi connectivity index (χ2n) is 8.89. The monoisotopic (exact) mass is 381 g/mol. The summed E-state index contributed by atoms with van der Waals surface area (Å²) < 4.78 is 5.08. The van der Waals surface area contributed by atoms with E-state index in [-0.39, 0.29) is 17.5 Å². The van der Waals surface area contributed by atoms with E-state index in [1.54, 1.807) is 0 Å². The van der Waals surface area contributed by atoms with Gasteiger partial charge in [-0.25, -0.2) is 0 Å². The van der Waals surface area contributed by atoms with Crippen molar-refractivity contribution >= 4 is 12.3 Å². The minimum absolute atomic E-state index is 0.0591.